The first-order valence-electron chi connectivity index (χ1n) is 4.70. The summed E-state index contributed by atoms with van der Waals surface area (Å²) in [6, 6.07) is 0. The highest BCUT2D eigenvalue weighted by atomic mass is 16.3. The Labute approximate surface area is 69.2 Å². The predicted octanol–water partition coefficient (Wildman–Crippen LogP) is 1.10. The molecule has 1 heterocycles. The van der Waals surface area contributed by atoms with Crippen molar-refractivity contribution in [2.24, 2.45) is 5.92 Å². The van der Waals surface area contributed by atoms with Crippen LogP contribution in [-0.4, -0.2) is 36.2 Å². The molecule has 11 heavy (non-hydrogen) atoms. The van der Waals surface area contributed by atoms with Gasteiger partial charge in [-0.25, -0.2) is 0 Å². The topological polar surface area (TPSA) is 23.5 Å². The molecule has 0 aromatic carbocycles. The molecule has 0 bridgehead atoms. The Morgan fingerprint density at radius 1 is 1.36 bits per heavy atom. The molecule has 0 saturated carbocycles. The Morgan fingerprint density at radius 3 is 2.45 bits per heavy atom. The van der Waals surface area contributed by atoms with Gasteiger partial charge in [-0.2, -0.15) is 0 Å². The molecule has 1 fully saturated rings. The largest absolute Gasteiger partial charge is 0.396 e. The lowest BCUT2D eigenvalue weighted by Gasteiger charge is -2.30. The molecule has 0 aromatic heterocycles. The minimum atomic E-state index is 0.372. The van der Waals surface area contributed by atoms with E-state index in [9.17, 15) is 0 Å². The van der Waals surface area contributed by atoms with Crippen LogP contribution in [0.2, 0.25) is 0 Å². The fourth-order valence-corrected chi connectivity index (χ4v) is 1.77. The van der Waals surface area contributed by atoms with Gasteiger partial charge in [0.2, 0.25) is 0 Å². The molecule has 1 N–H and O–H groups in total. The van der Waals surface area contributed by atoms with Gasteiger partial charge in [-0.15, -0.1) is 0 Å². The van der Waals surface area contributed by atoms with Gasteiger partial charge < -0.3 is 10.0 Å². The van der Waals surface area contributed by atoms with E-state index in [0.29, 0.717) is 6.61 Å². The average molecular weight is 157 g/mol. The molecule has 0 aliphatic carbocycles. The summed E-state index contributed by atoms with van der Waals surface area (Å²) in [7, 11) is 0. The van der Waals surface area contributed by atoms with E-state index in [0.717, 1.165) is 12.3 Å². The van der Waals surface area contributed by atoms with Crippen LogP contribution in [0.1, 0.15) is 26.2 Å². The Kier molecular flexibility index (Phi) is 3.87. The van der Waals surface area contributed by atoms with Gasteiger partial charge in [0.15, 0.2) is 0 Å². The van der Waals surface area contributed by atoms with E-state index in [1.807, 2.05) is 0 Å². The molecule has 0 amide bonds. The Hall–Kier alpha value is -0.0800. The van der Waals surface area contributed by atoms with Crippen molar-refractivity contribution in [2.45, 2.75) is 26.2 Å². The van der Waals surface area contributed by atoms with Crippen LogP contribution in [0.15, 0.2) is 0 Å². The van der Waals surface area contributed by atoms with E-state index < -0.39 is 0 Å². The fraction of sp³-hybridized carbons (Fsp3) is 1.00. The number of hydrogen-bond acceptors (Lipinski definition) is 2. The minimum Gasteiger partial charge on any atom is -0.396 e. The van der Waals surface area contributed by atoms with Gasteiger partial charge in [-0.1, -0.05) is 6.92 Å². The summed E-state index contributed by atoms with van der Waals surface area (Å²) >= 11 is 0. The molecule has 1 rings (SSSR count). The molecular weight excluding hydrogens is 138 g/mol. The maximum absolute atomic E-state index is 8.73. The standard InChI is InChI=1S/C9H19NO/c1-2-10-6-3-9(4-7-10)5-8-11/h9,11H,2-8H2,1H3. The molecule has 0 atom stereocenters. The highest BCUT2D eigenvalue weighted by Crippen LogP contribution is 2.19. The smallest absolute Gasteiger partial charge is 0.0433 e. The van der Waals surface area contributed by atoms with Gasteiger partial charge in [0, 0.05) is 6.61 Å². The quantitative estimate of drug-likeness (QED) is 0.663. The minimum absolute atomic E-state index is 0.372. The first-order valence-corrected chi connectivity index (χ1v) is 4.70. The van der Waals surface area contributed by atoms with Gasteiger partial charge in [0.05, 0.1) is 0 Å². The number of likely N-dealkylation sites (tertiary alicyclic amines) is 1. The van der Waals surface area contributed by atoms with Crippen molar-refractivity contribution in [2.75, 3.05) is 26.2 Å². The van der Waals surface area contributed by atoms with Crippen molar-refractivity contribution in [3.8, 4) is 0 Å². The first kappa shape index (κ1) is 9.01. The first-order chi connectivity index (χ1) is 5.36. The highest BCUT2D eigenvalue weighted by molar-refractivity contribution is 4.70. The van der Waals surface area contributed by atoms with Crippen molar-refractivity contribution < 1.29 is 5.11 Å². The Morgan fingerprint density at radius 2 is 2.00 bits per heavy atom. The lowest BCUT2D eigenvalue weighted by atomic mass is 9.94. The van der Waals surface area contributed by atoms with E-state index in [4.69, 9.17) is 5.11 Å². The maximum atomic E-state index is 8.73. The van der Waals surface area contributed by atoms with Gasteiger partial charge in [-0.3, -0.25) is 0 Å². The average Bonchev–Trinajstić information content (AvgIpc) is 2.07. The number of aliphatic hydroxyl groups is 1. The molecule has 2 heteroatoms. The number of piperidine rings is 1. The zero-order chi connectivity index (χ0) is 8.10. The zero-order valence-corrected chi connectivity index (χ0v) is 7.42. The molecule has 1 aliphatic rings. The van der Waals surface area contributed by atoms with E-state index in [1.54, 1.807) is 0 Å². The van der Waals surface area contributed by atoms with Crippen molar-refractivity contribution in [1.29, 1.82) is 0 Å². The zero-order valence-electron chi connectivity index (χ0n) is 7.42. The second kappa shape index (κ2) is 4.73. The second-order valence-corrected chi connectivity index (χ2v) is 3.39. The molecule has 0 unspecified atom stereocenters. The third kappa shape index (κ3) is 2.80. The summed E-state index contributed by atoms with van der Waals surface area (Å²) in [6.07, 6.45) is 3.58. The summed E-state index contributed by atoms with van der Waals surface area (Å²) in [5.74, 6) is 0.794. The molecule has 2 nitrogen and oxygen atoms in total. The van der Waals surface area contributed by atoms with Crippen molar-refractivity contribution in [3.63, 3.8) is 0 Å². The summed E-state index contributed by atoms with van der Waals surface area (Å²) in [5, 5.41) is 8.73. The van der Waals surface area contributed by atoms with E-state index in [2.05, 4.69) is 11.8 Å². The van der Waals surface area contributed by atoms with Crippen LogP contribution in [0, 0.1) is 5.92 Å². The molecular formula is C9H19NO. The Bertz CT molecular complexity index is 97.7. The third-order valence-corrected chi connectivity index (χ3v) is 2.69. The molecule has 0 spiro atoms. The third-order valence-electron chi connectivity index (χ3n) is 2.69. The lowest BCUT2D eigenvalue weighted by molar-refractivity contribution is 0.164. The van der Waals surface area contributed by atoms with Crippen LogP contribution < -0.4 is 0 Å². The molecule has 0 radical (unpaired) electrons. The van der Waals surface area contributed by atoms with Crippen molar-refractivity contribution in [3.05, 3.63) is 0 Å². The maximum Gasteiger partial charge on any atom is 0.0433 e. The predicted molar refractivity (Wildman–Crippen MR) is 46.5 cm³/mol. The second-order valence-electron chi connectivity index (χ2n) is 3.39. The van der Waals surface area contributed by atoms with Crippen molar-refractivity contribution in [1.82, 2.24) is 4.90 Å². The van der Waals surface area contributed by atoms with Crippen LogP contribution in [0.4, 0.5) is 0 Å². The van der Waals surface area contributed by atoms with Crippen LogP contribution in [-0.2, 0) is 0 Å². The lowest BCUT2D eigenvalue weighted by Crippen LogP contribution is -2.33. The van der Waals surface area contributed by atoms with Crippen LogP contribution in [0.3, 0.4) is 0 Å². The van der Waals surface area contributed by atoms with Gasteiger partial charge in [-0.05, 0) is 44.8 Å². The molecule has 1 saturated heterocycles. The van der Waals surface area contributed by atoms with Crippen molar-refractivity contribution >= 4 is 0 Å². The number of hydrogen-bond donors (Lipinski definition) is 1. The fourth-order valence-electron chi connectivity index (χ4n) is 1.77. The number of aliphatic hydroxyl groups excluding tert-OH is 1. The van der Waals surface area contributed by atoms with Crippen LogP contribution >= 0.6 is 0 Å². The molecule has 1 aliphatic heterocycles. The van der Waals surface area contributed by atoms with Gasteiger partial charge in [0.25, 0.3) is 0 Å². The van der Waals surface area contributed by atoms with E-state index >= 15 is 0 Å². The van der Waals surface area contributed by atoms with Crippen LogP contribution in [0.25, 0.3) is 0 Å². The molecule has 66 valence electrons. The molecule has 0 aromatic rings. The SMILES string of the molecule is CCN1CCC(CCO)CC1. The van der Waals surface area contributed by atoms with Crippen LogP contribution in [0.5, 0.6) is 0 Å². The number of rotatable bonds is 3. The number of nitrogens with zero attached hydrogens (tertiary/aromatic N) is 1. The summed E-state index contributed by atoms with van der Waals surface area (Å²) in [4.78, 5) is 2.48. The monoisotopic (exact) mass is 157 g/mol. The van der Waals surface area contributed by atoms with Gasteiger partial charge >= 0.3 is 0 Å². The highest BCUT2D eigenvalue weighted by Gasteiger charge is 2.16. The normalized spacial score (nSPS) is 22.4. The van der Waals surface area contributed by atoms with E-state index in [-0.39, 0.29) is 0 Å². The Balaban J connectivity index is 2.14. The summed E-state index contributed by atoms with van der Waals surface area (Å²) in [5.41, 5.74) is 0. The van der Waals surface area contributed by atoms with Gasteiger partial charge in [0.1, 0.15) is 0 Å². The summed E-state index contributed by atoms with van der Waals surface area (Å²) < 4.78 is 0. The summed E-state index contributed by atoms with van der Waals surface area (Å²) in [6.45, 7) is 6.25. The van der Waals surface area contributed by atoms with E-state index in [1.165, 1.54) is 32.5 Å².